The Morgan fingerprint density at radius 3 is 2.81 bits per heavy atom. The number of fused-ring (bicyclic) bond motifs is 1. The molecule has 3 aliphatic rings. The molecule has 166 valence electrons. The van der Waals surface area contributed by atoms with Crippen LogP contribution in [0, 0.1) is 5.92 Å². The van der Waals surface area contributed by atoms with E-state index >= 15 is 0 Å². The zero-order valence-corrected chi connectivity index (χ0v) is 18.9. The van der Waals surface area contributed by atoms with Crippen molar-refractivity contribution in [2.45, 2.75) is 57.0 Å². The molecule has 1 aromatic heterocycles. The van der Waals surface area contributed by atoms with Gasteiger partial charge >= 0.3 is 0 Å². The van der Waals surface area contributed by atoms with Crippen molar-refractivity contribution >= 4 is 27.3 Å². The van der Waals surface area contributed by atoms with Crippen LogP contribution in [0.5, 0.6) is 0 Å². The number of thiazole rings is 1. The number of rotatable bonds is 7. The third-order valence-electron chi connectivity index (χ3n) is 6.47. The van der Waals surface area contributed by atoms with E-state index in [0.717, 1.165) is 60.9 Å². The Bertz CT molecular complexity index is 1060. The molecule has 0 radical (unpaired) electrons. The van der Waals surface area contributed by atoms with E-state index in [1.54, 1.807) is 18.8 Å². The number of nitrogens with one attached hydrogen (secondary N) is 1. The summed E-state index contributed by atoms with van der Waals surface area (Å²) in [5, 5.41) is 4.45. The summed E-state index contributed by atoms with van der Waals surface area (Å²) in [4.78, 5) is 17.6. The van der Waals surface area contributed by atoms with Crippen molar-refractivity contribution in [2.75, 3.05) is 0 Å². The van der Waals surface area contributed by atoms with Gasteiger partial charge in [0, 0.05) is 12.0 Å². The Morgan fingerprint density at radius 2 is 2.06 bits per heavy atom. The number of Topliss-reactive ketones (excluding diaryl/α,β-unsaturated/α-hetero) is 1. The minimum atomic E-state index is 0.0645. The minimum absolute atomic E-state index is 0.0645. The van der Waals surface area contributed by atoms with Gasteiger partial charge in [-0.3, -0.25) is 4.79 Å². The zero-order valence-electron chi connectivity index (χ0n) is 18.0. The molecule has 0 saturated heterocycles. The quantitative estimate of drug-likeness (QED) is 0.525. The van der Waals surface area contributed by atoms with Gasteiger partial charge < -0.3 is 14.8 Å². The molecule has 0 bridgehead atoms. The highest BCUT2D eigenvalue weighted by Gasteiger charge is 2.31. The number of hydrogen-bond donors (Lipinski definition) is 1. The average Bonchev–Trinajstić information content (AvgIpc) is 3.29. The number of benzene rings is 1. The van der Waals surface area contributed by atoms with E-state index in [4.69, 9.17) is 9.47 Å². The van der Waals surface area contributed by atoms with Crippen molar-refractivity contribution < 1.29 is 14.3 Å². The Labute approximate surface area is 192 Å². The van der Waals surface area contributed by atoms with E-state index in [2.05, 4.69) is 28.5 Å². The molecule has 1 N–H and O–H groups in total. The molecule has 6 heteroatoms. The van der Waals surface area contributed by atoms with Gasteiger partial charge in [0.2, 0.25) is 0 Å². The number of carbonyl (C=O) groups excluding carboxylic acids is 1. The molecule has 0 spiro atoms. The number of hydrogen-bond acceptors (Lipinski definition) is 6. The number of ether oxygens (including phenoxy) is 2. The Hall–Kier alpha value is -2.70. The lowest BCUT2D eigenvalue weighted by Gasteiger charge is -2.32. The van der Waals surface area contributed by atoms with Crippen LogP contribution in [0.25, 0.3) is 10.2 Å². The molecule has 1 unspecified atom stereocenters. The fourth-order valence-electron chi connectivity index (χ4n) is 4.72. The van der Waals surface area contributed by atoms with Gasteiger partial charge in [-0.05, 0) is 57.1 Å². The molecule has 1 fully saturated rings. The summed E-state index contributed by atoms with van der Waals surface area (Å²) < 4.78 is 12.2. The molecule has 1 aromatic carbocycles. The average molecular weight is 449 g/mol. The smallest absolute Gasteiger partial charge is 0.194 e. The predicted octanol–water partition coefficient (Wildman–Crippen LogP) is 6.02. The third kappa shape index (κ3) is 4.87. The number of carbonyl (C=O) groups is 1. The lowest BCUT2D eigenvalue weighted by Crippen LogP contribution is -2.43. The van der Waals surface area contributed by atoms with Gasteiger partial charge in [0.1, 0.15) is 18.8 Å². The molecule has 32 heavy (non-hydrogen) atoms. The third-order valence-corrected chi connectivity index (χ3v) is 7.52. The van der Waals surface area contributed by atoms with Crippen molar-refractivity contribution in [3.05, 3.63) is 77.6 Å². The van der Waals surface area contributed by atoms with E-state index in [1.165, 1.54) is 16.9 Å². The summed E-state index contributed by atoms with van der Waals surface area (Å²) in [6.07, 6.45) is 18.2. The summed E-state index contributed by atoms with van der Waals surface area (Å²) >= 11 is 1.52. The molecule has 2 aromatic rings. The normalized spacial score (nSPS) is 23.8. The second-order valence-electron chi connectivity index (χ2n) is 8.66. The SMILES string of the molecule is O=C(c1nc2ccccc2s1)C1CCC(NC(CC2=CC=CCC2)C2=COC=CO2)CC1. The monoisotopic (exact) mass is 448 g/mol. The summed E-state index contributed by atoms with van der Waals surface area (Å²) in [7, 11) is 0. The summed E-state index contributed by atoms with van der Waals surface area (Å²) in [5.74, 6) is 1.09. The van der Waals surface area contributed by atoms with Gasteiger partial charge in [0.15, 0.2) is 16.6 Å². The molecule has 2 heterocycles. The second kappa shape index (κ2) is 9.84. The molecule has 1 atom stereocenters. The Kier molecular flexibility index (Phi) is 6.51. The number of allylic oxidation sites excluding steroid dienone is 3. The fraction of sp³-hybridized carbons (Fsp3) is 0.385. The lowest BCUT2D eigenvalue weighted by atomic mass is 9.83. The molecule has 2 aliphatic carbocycles. The fourth-order valence-corrected chi connectivity index (χ4v) is 5.71. The van der Waals surface area contributed by atoms with Gasteiger partial charge in [-0.2, -0.15) is 0 Å². The first kappa shape index (κ1) is 21.2. The van der Waals surface area contributed by atoms with Crippen molar-refractivity contribution in [2.24, 2.45) is 5.92 Å². The van der Waals surface area contributed by atoms with Crippen LogP contribution in [0.2, 0.25) is 0 Å². The van der Waals surface area contributed by atoms with Gasteiger partial charge in [0.25, 0.3) is 0 Å². The van der Waals surface area contributed by atoms with Crippen molar-refractivity contribution in [3.63, 3.8) is 0 Å². The maximum Gasteiger partial charge on any atom is 0.194 e. The minimum Gasteiger partial charge on any atom is -0.466 e. The van der Waals surface area contributed by atoms with Gasteiger partial charge in [-0.15, -0.1) is 11.3 Å². The van der Waals surface area contributed by atoms with E-state index in [9.17, 15) is 4.79 Å². The van der Waals surface area contributed by atoms with Crippen LogP contribution in [0.4, 0.5) is 0 Å². The highest BCUT2D eigenvalue weighted by Crippen LogP contribution is 2.32. The molecular formula is C26H28N2O3S. The molecule has 1 aliphatic heterocycles. The maximum atomic E-state index is 13.1. The standard InChI is InChI=1S/C26H28N2O3S/c29-25(26-28-21-8-4-5-9-24(21)32-26)19-10-12-20(13-11-19)27-22(23-17-30-14-15-31-23)16-18-6-2-1-3-7-18/h1-2,4-6,8-9,14-15,17,19-20,22,27H,3,7,10-13,16H2. The van der Waals surface area contributed by atoms with E-state index in [1.807, 2.05) is 24.3 Å². The van der Waals surface area contributed by atoms with E-state index in [-0.39, 0.29) is 17.7 Å². The maximum absolute atomic E-state index is 13.1. The highest BCUT2D eigenvalue weighted by molar-refractivity contribution is 7.20. The first-order valence-corrected chi connectivity index (χ1v) is 12.3. The van der Waals surface area contributed by atoms with Crippen LogP contribution in [0.15, 0.2) is 72.6 Å². The molecule has 5 rings (SSSR count). The van der Waals surface area contributed by atoms with E-state index < -0.39 is 0 Å². The zero-order chi connectivity index (χ0) is 21.8. The molecular weight excluding hydrogens is 420 g/mol. The first-order chi connectivity index (χ1) is 15.8. The van der Waals surface area contributed by atoms with Crippen molar-refractivity contribution in [3.8, 4) is 0 Å². The summed E-state index contributed by atoms with van der Waals surface area (Å²) in [6.45, 7) is 0. The van der Waals surface area contributed by atoms with E-state index in [0.29, 0.717) is 11.0 Å². The number of aromatic nitrogens is 1. The van der Waals surface area contributed by atoms with Crippen LogP contribution in [0.3, 0.4) is 0 Å². The van der Waals surface area contributed by atoms with Crippen LogP contribution in [-0.4, -0.2) is 22.9 Å². The molecule has 5 nitrogen and oxygen atoms in total. The highest BCUT2D eigenvalue weighted by atomic mass is 32.1. The van der Waals surface area contributed by atoms with Crippen LogP contribution >= 0.6 is 11.3 Å². The Morgan fingerprint density at radius 1 is 1.19 bits per heavy atom. The van der Waals surface area contributed by atoms with Crippen molar-refractivity contribution in [1.29, 1.82) is 0 Å². The summed E-state index contributed by atoms with van der Waals surface area (Å²) in [5.41, 5.74) is 2.34. The predicted molar refractivity (Wildman–Crippen MR) is 127 cm³/mol. The summed E-state index contributed by atoms with van der Waals surface area (Å²) in [6, 6.07) is 8.39. The van der Waals surface area contributed by atoms with Gasteiger partial charge in [0.05, 0.1) is 16.3 Å². The van der Waals surface area contributed by atoms with Crippen molar-refractivity contribution in [1.82, 2.24) is 10.3 Å². The topological polar surface area (TPSA) is 60.5 Å². The lowest BCUT2D eigenvalue weighted by molar-refractivity contribution is 0.0876. The largest absolute Gasteiger partial charge is 0.466 e. The molecule has 1 saturated carbocycles. The first-order valence-electron chi connectivity index (χ1n) is 11.4. The number of para-hydroxylation sites is 1. The number of nitrogens with zero attached hydrogens (tertiary/aromatic N) is 1. The van der Waals surface area contributed by atoms with Crippen LogP contribution in [0.1, 0.15) is 54.7 Å². The van der Waals surface area contributed by atoms with Gasteiger partial charge in [-0.25, -0.2) is 4.98 Å². The Balaban J connectivity index is 1.21. The van der Waals surface area contributed by atoms with Gasteiger partial charge in [-0.1, -0.05) is 35.9 Å². The second-order valence-corrected chi connectivity index (χ2v) is 9.69. The molecule has 0 amide bonds. The number of ketones is 1. The van der Waals surface area contributed by atoms with Crippen LogP contribution < -0.4 is 5.32 Å². The van der Waals surface area contributed by atoms with Crippen LogP contribution in [-0.2, 0) is 9.47 Å².